The smallest absolute Gasteiger partial charge is 0.275 e. The number of anilines is 1. The molecule has 1 N–H and O–H groups in total. The molecule has 0 saturated carbocycles. The molecule has 8 heteroatoms. The van der Waals surface area contributed by atoms with Crippen LogP contribution in [0.3, 0.4) is 0 Å². The molecule has 0 radical (unpaired) electrons. The van der Waals surface area contributed by atoms with Crippen LogP contribution in [0.25, 0.3) is 11.4 Å². The predicted molar refractivity (Wildman–Crippen MR) is 79.2 cm³/mol. The largest absolute Gasteiger partial charge is 0.339 e. The second kappa shape index (κ2) is 5.91. The van der Waals surface area contributed by atoms with Gasteiger partial charge in [-0.05, 0) is 31.2 Å². The van der Waals surface area contributed by atoms with Gasteiger partial charge in [0.15, 0.2) is 0 Å². The zero-order valence-electron chi connectivity index (χ0n) is 12.4. The van der Waals surface area contributed by atoms with Crippen molar-refractivity contribution in [1.82, 2.24) is 20.1 Å². The molecule has 116 valence electrons. The minimum absolute atomic E-state index is 0.175. The Labute approximate surface area is 130 Å². The van der Waals surface area contributed by atoms with E-state index in [1.807, 2.05) is 0 Å². The second-order valence-electron chi connectivity index (χ2n) is 4.84. The van der Waals surface area contributed by atoms with Crippen LogP contribution in [0.4, 0.5) is 10.2 Å². The summed E-state index contributed by atoms with van der Waals surface area (Å²) in [5.74, 6) is 0.0929. The topological polar surface area (TPSA) is 93.8 Å². The van der Waals surface area contributed by atoms with Crippen LogP contribution in [0.1, 0.15) is 22.1 Å². The summed E-state index contributed by atoms with van der Waals surface area (Å²) in [6, 6.07) is 5.87. The number of hydrogen-bond acceptors (Lipinski definition) is 6. The normalized spacial score (nSPS) is 10.6. The molecule has 7 nitrogen and oxygen atoms in total. The number of nitrogens with one attached hydrogen (secondary N) is 1. The molecule has 3 rings (SSSR count). The van der Waals surface area contributed by atoms with Gasteiger partial charge in [0.05, 0.1) is 6.20 Å². The second-order valence-corrected chi connectivity index (χ2v) is 4.84. The minimum Gasteiger partial charge on any atom is -0.339 e. The molecular weight excluding hydrogens is 301 g/mol. The highest BCUT2D eigenvalue weighted by molar-refractivity contribution is 6.02. The summed E-state index contributed by atoms with van der Waals surface area (Å²) in [7, 11) is 0. The van der Waals surface area contributed by atoms with Gasteiger partial charge in [0.1, 0.15) is 17.3 Å². The molecule has 1 amide bonds. The van der Waals surface area contributed by atoms with Crippen molar-refractivity contribution in [1.29, 1.82) is 0 Å². The highest BCUT2D eigenvalue weighted by Gasteiger charge is 2.14. The molecule has 0 aliphatic carbocycles. The summed E-state index contributed by atoms with van der Waals surface area (Å²) >= 11 is 0. The van der Waals surface area contributed by atoms with Gasteiger partial charge in [0, 0.05) is 18.2 Å². The Morgan fingerprint density at radius 3 is 2.70 bits per heavy atom. The average Bonchev–Trinajstić information content (AvgIpc) is 2.95. The van der Waals surface area contributed by atoms with Crippen molar-refractivity contribution in [3.63, 3.8) is 0 Å². The summed E-state index contributed by atoms with van der Waals surface area (Å²) in [6.07, 6.45) is 1.02. The first kappa shape index (κ1) is 14.8. The number of amides is 1. The average molecular weight is 313 g/mol. The van der Waals surface area contributed by atoms with Gasteiger partial charge >= 0.3 is 0 Å². The Bertz CT molecular complexity index is 861. The summed E-state index contributed by atoms with van der Waals surface area (Å²) < 4.78 is 17.8. The minimum atomic E-state index is -0.480. The number of nitrogens with zero attached hydrogens (tertiary/aromatic N) is 4. The predicted octanol–water partition coefficient (Wildman–Crippen LogP) is 2.53. The fourth-order valence-electron chi connectivity index (χ4n) is 1.96. The van der Waals surface area contributed by atoms with E-state index in [0.717, 1.165) is 6.20 Å². The number of aromatic nitrogens is 4. The molecular formula is C15H12FN5O2. The third-order valence-corrected chi connectivity index (χ3v) is 2.94. The lowest BCUT2D eigenvalue weighted by molar-refractivity contribution is 0.102. The first-order valence-corrected chi connectivity index (χ1v) is 6.73. The molecule has 0 aliphatic rings. The van der Waals surface area contributed by atoms with Gasteiger partial charge in [-0.1, -0.05) is 5.16 Å². The maximum Gasteiger partial charge on any atom is 0.275 e. The number of carbonyl (C=O) groups is 1. The summed E-state index contributed by atoms with van der Waals surface area (Å²) in [5, 5.41) is 6.37. The van der Waals surface area contributed by atoms with E-state index in [-0.39, 0.29) is 11.5 Å². The highest BCUT2D eigenvalue weighted by atomic mass is 19.1. The lowest BCUT2D eigenvalue weighted by atomic mass is 10.1. The molecule has 0 aromatic carbocycles. The molecule has 0 bridgehead atoms. The van der Waals surface area contributed by atoms with Crippen molar-refractivity contribution < 1.29 is 13.7 Å². The van der Waals surface area contributed by atoms with E-state index in [0.29, 0.717) is 23.0 Å². The number of rotatable bonds is 3. The van der Waals surface area contributed by atoms with Gasteiger partial charge in [-0.2, -0.15) is 4.98 Å². The van der Waals surface area contributed by atoms with Crippen LogP contribution in [0.2, 0.25) is 0 Å². The molecule has 23 heavy (non-hydrogen) atoms. The Morgan fingerprint density at radius 2 is 2.04 bits per heavy atom. The Morgan fingerprint density at radius 1 is 1.22 bits per heavy atom. The van der Waals surface area contributed by atoms with Gasteiger partial charge in [-0.15, -0.1) is 0 Å². The van der Waals surface area contributed by atoms with Crippen LogP contribution in [0.15, 0.2) is 35.0 Å². The van der Waals surface area contributed by atoms with Gasteiger partial charge in [-0.25, -0.2) is 14.4 Å². The molecule has 0 fully saturated rings. The van der Waals surface area contributed by atoms with Crippen molar-refractivity contribution in [3.8, 4) is 11.4 Å². The van der Waals surface area contributed by atoms with Gasteiger partial charge < -0.3 is 9.84 Å². The molecule has 0 saturated heterocycles. The fourth-order valence-corrected chi connectivity index (χ4v) is 1.96. The van der Waals surface area contributed by atoms with Crippen LogP contribution in [0, 0.1) is 19.7 Å². The van der Waals surface area contributed by atoms with Crippen LogP contribution in [-0.2, 0) is 0 Å². The van der Waals surface area contributed by atoms with E-state index < -0.39 is 11.7 Å². The van der Waals surface area contributed by atoms with E-state index in [9.17, 15) is 9.18 Å². The quantitative estimate of drug-likeness (QED) is 0.798. The third kappa shape index (κ3) is 3.37. The molecule has 3 aromatic rings. The molecule has 3 heterocycles. The van der Waals surface area contributed by atoms with Gasteiger partial charge in [0.2, 0.25) is 11.7 Å². The van der Waals surface area contributed by atoms with Gasteiger partial charge in [-0.3, -0.25) is 4.79 Å². The maximum atomic E-state index is 12.8. The first-order chi connectivity index (χ1) is 11.0. The first-order valence-electron chi connectivity index (χ1n) is 6.73. The van der Waals surface area contributed by atoms with Crippen LogP contribution >= 0.6 is 0 Å². The van der Waals surface area contributed by atoms with Crippen LogP contribution < -0.4 is 5.32 Å². The fraction of sp³-hybridized carbons (Fsp3) is 0.133. The third-order valence-electron chi connectivity index (χ3n) is 2.94. The van der Waals surface area contributed by atoms with E-state index in [1.54, 1.807) is 26.0 Å². The van der Waals surface area contributed by atoms with Crippen LogP contribution in [-0.4, -0.2) is 26.0 Å². The number of hydrogen-bond donors (Lipinski definition) is 1. The molecule has 0 aliphatic heterocycles. The number of halogens is 1. The lowest BCUT2D eigenvalue weighted by Crippen LogP contribution is -2.15. The van der Waals surface area contributed by atoms with E-state index in [1.165, 1.54) is 12.1 Å². The number of carbonyl (C=O) groups excluding carboxylic acids is 1. The SMILES string of the molecule is Cc1cc(-c2noc(C)n2)cc(C(=O)Nc2ccc(F)cn2)n1. The lowest BCUT2D eigenvalue weighted by Gasteiger charge is -2.06. The number of aryl methyl sites for hydroxylation is 2. The molecule has 0 atom stereocenters. The van der Waals surface area contributed by atoms with Crippen molar-refractivity contribution in [3.05, 3.63) is 53.6 Å². The Balaban J connectivity index is 1.88. The van der Waals surface area contributed by atoms with Crippen molar-refractivity contribution in [2.45, 2.75) is 13.8 Å². The summed E-state index contributed by atoms with van der Waals surface area (Å²) in [4.78, 5) is 24.3. The summed E-state index contributed by atoms with van der Waals surface area (Å²) in [6.45, 7) is 3.43. The molecule has 0 unspecified atom stereocenters. The standard InChI is InChI=1S/C15H12FN5O2/c1-8-5-10(14-19-9(2)23-21-14)6-12(18-8)15(22)20-13-4-3-11(16)7-17-13/h3-7H,1-2H3,(H,17,20,22). The Hall–Kier alpha value is -3.16. The zero-order valence-corrected chi connectivity index (χ0v) is 12.4. The van der Waals surface area contributed by atoms with Gasteiger partial charge in [0.25, 0.3) is 5.91 Å². The summed E-state index contributed by atoms with van der Waals surface area (Å²) in [5.41, 5.74) is 1.42. The zero-order chi connectivity index (χ0) is 16.4. The number of pyridine rings is 2. The van der Waals surface area contributed by atoms with E-state index >= 15 is 0 Å². The van der Waals surface area contributed by atoms with Crippen molar-refractivity contribution in [2.75, 3.05) is 5.32 Å². The van der Waals surface area contributed by atoms with Crippen LogP contribution in [0.5, 0.6) is 0 Å². The molecule has 0 spiro atoms. The van der Waals surface area contributed by atoms with E-state index in [4.69, 9.17) is 4.52 Å². The Kier molecular flexibility index (Phi) is 3.80. The molecule has 3 aromatic heterocycles. The maximum absolute atomic E-state index is 12.8. The van der Waals surface area contributed by atoms with Crippen molar-refractivity contribution in [2.24, 2.45) is 0 Å². The van der Waals surface area contributed by atoms with Crippen molar-refractivity contribution >= 4 is 11.7 Å². The van der Waals surface area contributed by atoms with E-state index in [2.05, 4.69) is 25.4 Å². The highest BCUT2D eigenvalue weighted by Crippen LogP contribution is 2.18. The monoisotopic (exact) mass is 313 g/mol.